The fourth-order valence-electron chi connectivity index (χ4n) is 1.84. The van der Waals surface area contributed by atoms with Crippen molar-refractivity contribution in [2.75, 3.05) is 0 Å². The first-order valence-corrected chi connectivity index (χ1v) is 6.28. The second-order valence-electron chi connectivity index (χ2n) is 4.22. The summed E-state index contributed by atoms with van der Waals surface area (Å²) < 4.78 is 2.73. The van der Waals surface area contributed by atoms with Crippen LogP contribution in [0.5, 0.6) is 0 Å². The molecule has 2 rings (SSSR count). The van der Waals surface area contributed by atoms with Gasteiger partial charge in [-0.2, -0.15) is 5.10 Å². The summed E-state index contributed by atoms with van der Waals surface area (Å²) in [5.41, 5.74) is 3.09. The quantitative estimate of drug-likeness (QED) is 0.945. The highest BCUT2D eigenvalue weighted by Crippen LogP contribution is 2.28. The van der Waals surface area contributed by atoms with E-state index in [9.17, 15) is 5.11 Å². The van der Waals surface area contributed by atoms with Gasteiger partial charge >= 0.3 is 0 Å². The summed E-state index contributed by atoms with van der Waals surface area (Å²) in [7, 11) is 1.87. The van der Waals surface area contributed by atoms with E-state index in [0.29, 0.717) is 6.42 Å². The van der Waals surface area contributed by atoms with E-state index < -0.39 is 6.10 Å². The lowest BCUT2D eigenvalue weighted by molar-refractivity contribution is 0.177. The molecule has 0 saturated heterocycles. The number of hydrogen-bond donors (Lipinski definition) is 1. The molecule has 1 atom stereocenters. The number of nitrogens with zero attached hydrogens (tertiary/aromatic N) is 2. The largest absolute Gasteiger partial charge is 0.388 e. The van der Waals surface area contributed by atoms with E-state index in [-0.39, 0.29) is 0 Å². The Balaban J connectivity index is 2.20. The van der Waals surface area contributed by atoms with Crippen LogP contribution < -0.4 is 0 Å². The fourth-order valence-corrected chi connectivity index (χ4v) is 2.37. The van der Waals surface area contributed by atoms with E-state index >= 15 is 0 Å². The molecule has 1 N–H and O–H groups in total. The van der Waals surface area contributed by atoms with Gasteiger partial charge in [0.05, 0.1) is 12.3 Å². The molecule has 17 heavy (non-hydrogen) atoms. The molecule has 0 bridgehead atoms. The van der Waals surface area contributed by atoms with Gasteiger partial charge in [0, 0.05) is 24.1 Å². The maximum atomic E-state index is 10.2. The molecule has 1 heterocycles. The lowest BCUT2D eigenvalue weighted by atomic mass is 10.0. The Morgan fingerprint density at radius 3 is 2.88 bits per heavy atom. The molecule has 0 amide bonds. The molecule has 90 valence electrons. The third-order valence-electron chi connectivity index (χ3n) is 2.77. The first-order valence-electron chi connectivity index (χ1n) is 5.48. The van der Waals surface area contributed by atoms with Crippen LogP contribution >= 0.6 is 15.9 Å². The minimum Gasteiger partial charge on any atom is -0.388 e. The van der Waals surface area contributed by atoms with Gasteiger partial charge in [0.15, 0.2) is 0 Å². The summed E-state index contributed by atoms with van der Waals surface area (Å²) in [5, 5.41) is 14.3. The van der Waals surface area contributed by atoms with Crippen LogP contribution in [0, 0.1) is 6.92 Å². The van der Waals surface area contributed by atoms with Crippen LogP contribution in [0.25, 0.3) is 0 Å². The summed E-state index contributed by atoms with van der Waals surface area (Å²) in [6.07, 6.45) is 3.78. The fraction of sp³-hybridized carbons (Fsp3) is 0.308. The maximum absolute atomic E-state index is 10.2. The lowest BCUT2D eigenvalue weighted by Crippen LogP contribution is -2.03. The van der Waals surface area contributed by atoms with Gasteiger partial charge in [0.2, 0.25) is 0 Å². The Kier molecular flexibility index (Phi) is 3.64. The summed E-state index contributed by atoms with van der Waals surface area (Å²) in [6.45, 7) is 2.02. The van der Waals surface area contributed by atoms with Crippen molar-refractivity contribution in [3.8, 4) is 0 Å². The summed E-state index contributed by atoms with van der Waals surface area (Å²) >= 11 is 3.52. The average Bonchev–Trinajstić information content (AvgIpc) is 2.68. The van der Waals surface area contributed by atoms with E-state index in [0.717, 1.165) is 21.2 Å². The van der Waals surface area contributed by atoms with Crippen LogP contribution in [0.2, 0.25) is 0 Å². The molecule has 0 aliphatic rings. The highest BCUT2D eigenvalue weighted by Gasteiger charge is 2.13. The van der Waals surface area contributed by atoms with E-state index in [4.69, 9.17) is 0 Å². The molecule has 1 aromatic carbocycles. The number of aryl methyl sites for hydroxylation is 2. The van der Waals surface area contributed by atoms with Crippen molar-refractivity contribution in [1.82, 2.24) is 9.78 Å². The van der Waals surface area contributed by atoms with Crippen molar-refractivity contribution in [2.45, 2.75) is 19.4 Å². The molecule has 4 heteroatoms. The van der Waals surface area contributed by atoms with Gasteiger partial charge in [-0.25, -0.2) is 0 Å². The smallest absolute Gasteiger partial charge is 0.0842 e. The third kappa shape index (κ3) is 2.76. The molecule has 1 aromatic heterocycles. The van der Waals surface area contributed by atoms with Crippen molar-refractivity contribution in [2.24, 2.45) is 7.05 Å². The summed E-state index contributed by atoms with van der Waals surface area (Å²) in [6, 6.07) is 5.92. The van der Waals surface area contributed by atoms with Gasteiger partial charge in [-0.05, 0) is 23.6 Å². The molecule has 2 aromatic rings. The highest BCUT2D eigenvalue weighted by atomic mass is 79.9. The molecule has 0 spiro atoms. The van der Waals surface area contributed by atoms with E-state index in [1.807, 2.05) is 38.4 Å². The average molecular weight is 295 g/mol. The van der Waals surface area contributed by atoms with Gasteiger partial charge in [-0.15, -0.1) is 0 Å². The zero-order valence-electron chi connectivity index (χ0n) is 9.89. The van der Waals surface area contributed by atoms with Gasteiger partial charge in [0.1, 0.15) is 0 Å². The standard InChI is InChI=1S/C13H15BrN2O/c1-9-4-3-5-11(13(9)14)12(17)6-10-7-15-16(2)8-10/h3-5,7-8,12,17H,6H2,1-2H3. The minimum absolute atomic E-state index is 0.506. The van der Waals surface area contributed by atoms with Crippen molar-refractivity contribution in [3.63, 3.8) is 0 Å². The van der Waals surface area contributed by atoms with Crippen molar-refractivity contribution in [1.29, 1.82) is 0 Å². The Bertz CT molecular complexity index is 522. The second-order valence-corrected chi connectivity index (χ2v) is 5.01. The zero-order valence-corrected chi connectivity index (χ0v) is 11.5. The molecule has 0 aliphatic carbocycles. The van der Waals surface area contributed by atoms with Crippen LogP contribution in [0.3, 0.4) is 0 Å². The van der Waals surface area contributed by atoms with E-state index in [2.05, 4.69) is 21.0 Å². The van der Waals surface area contributed by atoms with Crippen LogP contribution in [-0.4, -0.2) is 14.9 Å². The van der Waals surface area contributed by atoms with Crippen LogP contribution in [0.15, 0.2) is 35.1 Å². The molecule has 0 fully saturated rings. The Labute approximate surface area is 109 Å². The molecule has 3 nitrogen and oxygen atoms in total. The summed E-state index contributed by atoms with van der Waals surface area (Å²) in [4.78, 5) is 0. The SMILES string of the molecule is Cc1cccc(C(O)Cc2cnn(C)c2)c1Br. The first kappa shape index (κ1) is 12.3. The number of halogens is 1. The lowest BCUT2D eigenvalue weighted by Gasteiger charge is -2.13. The Hall–Kier alpha value is -1.13. The molecular weight excluding hydrogens is 280 g/mol. The second kappa shape index (κ2) is 5.02. The number of aliphatic hydroxyl groups is 1. The maximum Gasteiger partial charge on any atom is 0.0842 e. The minimum atomic E-state index is -0.506. The van der Waals surface area contributed by atoms with E-state index in [1.54, 1.807) is 10.9 Å². The third-order valence-corrected chi connectivity index (χ3v) is 3.85. The van der Waals surface area contributed by atoms with Gasteiger partial charge in [0.25, 0.3) is 0 Å². The summed E-state index contributed by atoms with van der Waals surface area (Å²) in [5.74, 6) is 0. The first-order chi connectivity index (χ1) is 8.08. The van der Waals surface area contributed by atoms with Crippen molar-refractivity contribution < 1.29 is 5.11 Å². The molecule has 0 saturated carbocycles. The van der Waals surface area contributed by atoms with Gasteiger partial charge in [-0.1, -0.05) is 34.1 Å². The van der Waals surface area contributed by atoms with Crippen LogP contribution in [-0.2, 0) is 13.5 Å². The normalized spacial score (nSPS) is 12.7. The molecule has 0 radical (unpaired) electrons. The number of hydrogen-bond acceptors (Lipinski definition) is 2. The monoisotopic (exact) mass is 294 g/mol. The van der Waals surface area contributed by atoms with E-state index in [1.165, 1.54) is 0 Å². The zero-order chi connectivity index (χ0) is 12.4. The van der Waals surface area contributed by atoms with Crippen molar-refractivity contribution in [3.05, 3.63) is 51.8 Å². The van der Waals surface area contributed by atoms with Crippen LogP contribution in [0.1, 0.15) is 22.8 Å². The molecule has 1 unspecified atom stereocenters. The Morgan fingerprint density at radius 1 is 1.47 bits per heavy atom. The number of benzene rings is 1. The predicted octanol–water partition coefficient (Wildman–Crippen LogP) is 2.77. The molecule has 0 aliphatic heterocycles. The van der Waals surface area contributed by atoms with Crippen molar-refractivity contribution >= 4 is 15.9 Å². The number of aromatic nitrogens is 2. The van der Waals surface area contributed by atoms with Crippen LogP contribution in [0.4, 0.5) is 0 Å². The predicted molar refractivity (Wildman–Crippen MR) is 70.8 cm³/mol. The topological polar surface area (TPSA) is 38.1 Å². The Morgan fingerprint density at radius 2 is 2.24 bits per heavy atom. The highest BCUT2D eigenvalue weighted by molar-refractivity contribution is 9.10. The van der Waals surface area contributed by atoms with Gasteiger partial charge in [-0.3, -0.25) is 4.68 Å². The number of aliphatic hydroxyl groups excluding tert-OH is 1. The number of rotatable bonds is 3. The molecular formula is C13H15BrN2O. The van der Waals surface area contributed by atoms with Gasteiger partial charge < -0.3 is 5.11 Å².